The van der Waals surface area contributed by atoms with E-state index in [9.17, 15) is 9.67 Å². The first-order chi connectivity index (χ1) is 7.61. The predicted octanol–water partition coefficient (Wildman–Crippen LogP) is 3.05. The molecule has 0 bridgehead atoms. The monoisotopic (exact) mass is 264 g/mol. The molecule has 4 nitrogen and oxygen atoms in total. The van der Waals surface area contributed by atoms with Gasteiger partial charge in [0.05, 0.1) is 25.5 Å². The number of hydrogen-bond donors (Lipinski definition) is 1. The topological polar surface area (TPSA) is 55.8 Å². The minimum Gasteiger partial charge on any atom is -0.388 e. The highest BCUT2D eigenvalue weighted by molar-refractivity contribution is 7.53. The zero-order valence-corrected chi connectivity index (χ0v) is 11.2. The molecule has 0 aromatic carbocycles. The van der Waals surface area contributed by atoms with Gasteiger partial charge in [-0.25, -0.2) is 0 Å². The van der Waals surface area contributed by atoms with Crippen molar-refractivity contribution in [3.63, 3.8) is 0 Å². The molecule has 92 valence electrons. The second kappa shape index (κ2) is 6.52. The van der Waals surface area contributed by atoms with Crippen LogP contribution in [0.3, 0.4) is 0 Å². The lowest BCUT2D eigenvalue weighted by Gasteiger charge is -2.19. The SMILES string of the molecule is CCOP(=O)(CC(O)c1ccsc1)OCC. The number of aliphatic hydroxyl groups is 1. The van der Waals surface area contributed by atoms with E-state index in [0.29, 0.717) is 13.2 Å². The molecule has 16 heavy (non-hydrogen) atoms. The fraction of sp³-hybridized carbons (Fsp3) is 0.600. The molecule has 0 spiro atoms. The molecule has 0 radical (unpaired) electrons. The number of thiophene rings is 1. The first-order valence-corrected chi connectivity index (χ1v) is 7.86. The lowest BCUT2D eigenvalue weighted by Crippen LogP contribution is -2.08. The van der Waals surface area contributed by atoms with Crippen molar-refractivity contribution < 1.29 is 18.7 Å². The van der Waals surface area contributed by atoms with E-state index in [1.165, 1.54) is 11.3 Å². The second-order valence-electron chi connectivity index (χ2n) is 3.20. The average molecular weight is 264 g/mol. The van der Waals surface area contributed by atoms with Crippen molar-refractivity contribution in [2.45, 2.75) is 20.0 Å². The highest BCUT2D eigenvalue weighted by Gasteiger charge is 2.28. The van der Waals surface area contributed by atoms with Gasteiger partial charge in [-0.2, -0.15) is 11.3 Å². The maximum atomic E-state index is 12.1. The van der Waals surface area contributed by atoms with Gasteiger partial charge >= 0.3 is 7.60 Å². The Morgan fingerprint density at radius 3 is 2.50 bits per heavy atom. The largest absolute Gasteiger partial charge is 0.388 e. The van der Waals surface area contributed by atoms with Crippen LogP contribution in [0.1, 0.15) is 25.5 Å². The molecule has 0 saturated carbocycles. The third-order valence-electron chi connectivity index (χ3n) is 1.98. The van der Waals surface area contributed by atoms with E-state index in [1.54, 1.807) is 19.9 Å². The van der Waals surface area contributed by atoms with Gasteiger partial charge in [0.15, 0.2) is 0 Å². The molecule has 1 aromatic heterocycles. The van der Waals surface area contributed by atoms with Crippen LogP contribution in [0.2, 0.25) is 0 Å². The molecule has 1 rings (SSSR count). The van der Waals surface area contributed by atoms with Gasteiger partial charge in [0.2, 0.25) is 0 Å². The van der Waals surface area contributed by atoms with Crippen LogP contribution in [0.4, 0.5) is 0 Å². The summed E-state index contributed by atoms with van der Waals surface area (Å²) in [5.41, 5.74) is 0.754. The third kappa shape index (κ3) is 4.00. The predicted molar refractivity (Wildman–Crippen MR) is 65.0 cm³/mol. The fourth-order valence-electron chi connectivity index (χ4n) is 1.32. The minimum atomic E-state index is -3.16. The summed E-state index contributed by atoms with van der Waals surface area (Å²) in [6.07, 6.45) is -0.791. The maximum Gasteiger partial charge on any atom is 0.333 e. The smallest absolute Gasteiger partial charge is 0.333 e. The Bertz CT molecular complexity index is 329. The highest BCUT2D eigenvalue weighted by Crippen LogP contribution is 2.50. The van der Waals surface area contributed by atoms with Crippen LogP contribution in [0.5, 0.6) is 0 Å². The highest BCUT2D eigenvalue weighted by atomic mass is 32.1. The quantitative estimate of drug-likeness (QED) is 0.769. The maximum absolute atomic E-state index is 12.1. The van der Waals surface area contributed by atoms with Crippen LogP contribution in [-0.4, -0.2) is 24.5 Å². The van der Waals surface area contributed by atoms with Crippen molar-refractivity contribution in [1.29, 1.82) is 0 Å². The number of hydrogen-bond acceptors (Lipinski definition) is 5. The Balaban J connectivity index is 2.64. The molecule has 1 N–H and O–H groups in total. The molecule has 6 heteroatoms. The van der Waals surface area contributed by atoms with E-state index in [2.05, 4.69) is 0 Å². The molecule has 1 aromatic rings. The van der Waals surface area contributed by atoms with Crippen molar-refractivity contribution in [2.24, 2.45) is 0 Å². The summed E-state index contributed by atoms with van der Waals surface area (Å²) in [4.78, 5) is 0. The van der Waals surface area contributed by atoms with Gasteiger partial charge in [0.1, 0.15) is 0 Å². The van der Waals surface area contributed by atoms with Gasteiger partial charge < -0.3 is 14.2 Å². The van der Waals surface area contributed by atoms with Crippen LogP contribution in [0.25, 0.3) is 0 Å². The van der Waals surface area contributed by atoms with Crippen LogP contribution >= 0.6 is 18.9 Å². The van der Waals surface area contributed by atoms with Gasteiger partial charge in [-0.1, -0.05) is 0 Å². The number of aliphatic hydroxyl groups excluding tert-OH is 1. The summed E-state index contributed by atoms with van der Waals surface area (Å²) in [5.74, 6) is 0. The lowest BCUT2D eigenvalue weighted by molar-refractivity contribution is 0.171. The van der Waals surface area contributed by atoms with E-state index < -0.39 is 13.7 Å². The average Bonchev–Trinajstić information content (AvgIpc) is 2.70. The summed E-state index contributed by atoms with van der Waals surface area (Å²) < 4.78 is 22.3. The molecule has 0 aliphatic heterocycles. The van der Waals surface area contributed by atoms with Gasteiger partial charge in [0, 0.05) is 0 Å². The molecule has 0 saturated heterocycles. The third-order valence-corrected chi connectivity index (χ3v) is 4.77. The number of rotatable bonds is 7. The van der Waals surface area contributed by atoms with Gasteiger partial charge in [-0.05, 0) is 36.2 Å². The Morgan fingerprint density at radius 1 is 1.44 bits per heavy atom. The standard InChI is InChI=1S/C10H17O4PS/c1-3-13-15(12,14-4-2)7-10(11)9-5-6-16-8-9/h5-6,8,10-11H,3-4,7H2,1-2H3. The summed E-state index contributed by atoms with van der Waals surface area (Å²) in [6, 6.07) is 1.80. The second-order valence-corrected chi connectivity index (χ2v) is 6.08. The van der Waals surface area contributed by atoms with Crippen molar-refractivity contribution in [2.75, 3.05) is 19.4 Å². The fourth-order valence-corrected chi connectivity index (χ4v) is 3.73. The molecule has 0 fully saturated rings. The molecular formula is C10H17O4PS. The minimum absolute atomic E-state index is 0.00537. The first-order valence-electron chi connectivity index (χ1n) is 5.19. The molecule has 1 unspecified atom stereocenters. The molecule has 1 heterocycles. The van der Waals surface area contributed by atoms with Crippen LogP contribution in [-0.2, 0) is 13.6 Å². The van der Waals surface area contributed by atoms with Crippen molar-refractivity contribution in [3.05, 3.63) is 22.4 Å². The lowest BCUT2D eigenvalue weighted by atomic mass is 10.2. The Morgan fingerprint density at radius 2 is 2.06 bits per heavy atom. The first kappa shape index (κ1) is 13.9. The van der Waals surface area contributed by atoms with E-state index in [1.807, 2.05) is 10.8 Å². The van der Waals surface area contributed by atoms with Gasteiger partial charge in [-0.3, -0.25) is 4.57 Å². The van der Waals surface area contributed by atoms with Crippen molar-refractivity contribution in [1.82, 2.24) is 0 Å². The van der Waals surface area contributed by atoms with Crippen molar-refractivity contribution in [3.8, 4) is 0 Å². The van der Waals surface area contributed by atoms with Crippen LogP contribution in [0, 0.1) is 0 Å². The van der Waals surface area contributed by atoms with E-state index in [4.69, 9.17) is 9.05 Å². The van der Waals surface area contributed by atoms with Crippen LogP contribution < -0.4 is 0 Å². The summed E-state index contributed by atoms with van der Waals surface area (Å²) >= 11 is 1.49. The zero-order valence-electron chi connectivity index (χ0n) is 9.46. The molecular weight excluding hydrogens is 247 g/mol. The summed E-state index contributed by atoms with van der Waals surface area (Å²) in [6.45, 7) is 4.13. The van der Waals surface area contributed by atoms with Gasteiger partial charge in [-0.15, -0.1) is 0 Å². The molecule has 0 aliphatic rings. The van der Waals surface area contributed by atoms with Crippen molar-refractivity contribution >= 4 is 18.9 Å². The van der Waals surface area contributed by atoms with E-state index in [-0.39, 0.29) is 6.16 Å². The molecule has 1 atom stereocenters. The van der Waals surface area contributed by atoms with Crippen LogP contribution in [0.15, 0.2) is 16.8 Å². The van der Waals surface area contributed by atoms with E-state index >= 15 is 0 Å². The molecule has 0 amide bonds. The van der Waals surface area contributed by atoms with E-state index in [0.717, 1.165) is 5.56 Å². The normalized spacial score (nSPS) is 13.9. The Labute approximate surface area is 99.7 Å². The summed E-state index contributed by atoms with van der Waals surface area (Å²) in [7, 11) is -3.16. The Kier molecular flexibility index (Phi) is 5.66. The van der Waals surface area contributed by atoms with Gasteiger partial charge in [0.25, 0.3) is 0 Å². The molecule has 0 aliphatic carbocycles. The summed E-state index contributed by atoms with van der Waals surface area (Å²) in [5, 5.41) is 13.6. The Hall–Kier alpha value is -0.190. The zero-order chi connectivity index (χ0) is 12.0.